The number of nitrogens with zero attached hydrogens (tertiary/aromatic N) is 1. The molecular weight excluding hydrogens is 258 g/mol. The molecule has 1 heterocycles. The van der Waals surface area contributed by atoms with Crippen molar-refractivity contribution in [3.05, 3.63) is 15.6 Å². The van der Waals surface area contributed by atoms with Crippen LogP contribution >= 0.6 is 11.3 Å². The first-order chi connectivity index (χ1) is 7.63. The molecule has 0 aliphatic carbocycles. The fourth-order valence-corrected chi connectivity index (χ4v) is 3.87. The minimum absolute atomic E-state index is 0.0511. The van der Waals surface area contributed by atoms with Gasteiger partial charge in [-0.1, -0.05) is 13.3 Å². The summed E-state index contributed by atoms with van der Waals surface area (Å²) in [6.07, 6.45) is 2.88. The van der Waals surface area contributed by atoms with Crippen LogP contribution < -0.4 is 0 Å². The molecule has 0 aliphatic rings. The molecule has 1 N–H and O–H groups in total. The molecule has 17 heavy (non-hydrogen) atoms. The van der Waals surface area contributed by atoms with Crippen molar-refractivity contribution in [3.63, 3.8) is 0 Å². The molecule has 1 rings (SSSR count). The number of hydrogen-bond acceptors (Lipinski definition) is 5. The Morgan fingerprint density at radius 2 is 2.00 bits per heavy atom. The van der Waals surface area contributed by atoms with Crippen LogP contribution in [0.5, 0.6) is 0 Å². The third-order valence-corrected chi connectivity index (χ3v) is 4.56. The Labute approximate surface area is 107 Å². The van der Waals surface area contributed by atoms with Crippen LogP contribution in [0, 0.1) is 0 Å². The van der Waals surface area contributed by atoms with Gasteiger partial charge in [-0.25, -0.2) is 13.4 Å². The highest BCUT2D eigenvalue weighted by atomic mass is 32.2. The van der Waals surface area contributed by atoms with Gasteiger partial charge in [0.2, 0.25) is 0 Å². The molecule has 98 valence electrons. The lowest BCUT2D eigenvalue weighted by molar-refractivity contribution is 0.0813. The fraction of sp³-hybridized carbons (Fsp3) is 0.727. The standard InChI is InChI=1S/C11H19NO3S2/c1-5-6-8-10(11(2,3)13)16-9(12-8)7-17(4,14)15/h13H,5-7H2,1-4H3. The molecule has 0 radical (unpaired) electrons. The van der Waals surface area contributed by atoms with Crippen molar-refractivity contribution in [1.29, 1.82) is 0 Å². The molecule has 0 aliphatic heterocycles. The van der Waals surface area contributed by atoms with Gasteiger partial charge < -0.3 is 5.11 Å². The summed E-state index contributed by atoms with van der Waals surface area (Å²) in [5.74, 6) is -0.0511. The van der Waals surface area contributed by atoms with E-state index in [9.17, 15) is 13.5 Å². The average Bonchev–Trinajstić information content (AvgIpc) is 2.44. The van der Waals surface area contributed by atoms with Crippen molar-refractivity contribution < 1.29 is 13.5 Å². The first-order valence-corrected chi connectivity index (χ1v) is 8.40. The first kappa shape index (κ1) is 14.6. The quantitative estimate of drug-likeness (QED) is 0.892. The molecule has 0 bridgehead atoms. The summed E-state index contributed by atoms with van der Waals surface area (Å²) in [4.78, 5) is 5.11. The van der Waals surface area contributed by atoms with E-state index in [1.807, 2.05) is 6.92 Å². The molecule has 0 amide bonds. The smallest absolute Gasteiger partial charge is 0.153 e. The average molecular weight is 277 g/mol. The summed E-state index contributed by atoms with van der Waals surface area (Å²) in [5.41, 5.74) is -0.138. The molecule has 1 aromatic rings. The maximum atomic E-state index is 11.2. The molecule has 0 unspecified atom stereocenters. The van der Waals surface area contributed by atoms with Crippen molar-refractivity contribution in [2.24, 2.45) is 0 Å². The summed E-state index contributed by atoms with van der Waals surface area (Å²) in [7, 11) is -3.07. The summed E-state index contributed by atoms with van der Waals surface area (Å²) >= 11 is 1.29. The molecule has 0 spiro atoms. The third-order valence-electron chi connectivity index (χ3n) is 2.17. The number of rotatable bonds is 5. The zero-order chi connectivity index (χ0) is 13.3. The maximum Gasteiger partial charge on any atom is 0.153 e. The maximum absolute atomic E-state index is 11.2. The Bertz CT molecular complexity index is 483. The SMILES string of the molecule is CCCc1nc(CS(C)(=O)=O)sc1C(C)(C)O. The van der Waals surface area contributed by atoms with E-state index in [4.69, 9.17) is 0 Å². The number of thiazole rings is 1. The van der Waals surface area contributed by atoms with Crippen LogP contribution in [-0.4, -0.2) is 24.8 Å². The van der Waals surface area contributed by atoms with Crippen molar-refractivity contribution in [1.82, 2.24) is 4.98 Å². The van der Waals surface area contributed by atoms with Crippen LogP contribution in [0.25, 0.3) is 0 Å². The van der Waals surface area contributed by atoms with E-state index < -0.39 is 15.4 Å². The van der Waals surface area contributed by atoms with Crippen molar-refractivity contribution in [2.75, 3.05) is 6.26 Å². The fourth-order valence-electron chi connectivity index (χ4n) is 1.57. The van der Waals surface area contributed by atoms with Crippen LogP contribution in [0.4, 0.5) is 0 Å². The lowest BCUT2D eigenvalue weighted by Crippen LogP contribution is -2.15. The highest BCUT2D eigenvalue weighted by Crippen LogP contribution is 2.31. The van der Waals surface area contributed by atoms with E-state index in [2.05, 4.69) is 4.98 Å². The van der Waals surface area contributed by atoms with Gasteiger partial charge >= 0.3 is 0 Å². The largest absolute Gasteiger partial charge is 0.385 e. The first-order valence-electron chi connectivity index (χ1n) is 5.52. The molecule has 0 saturated heterocycles. The molecule has 0 fully saturated rings. The predicted molar refractivity (Wildman–Crippen MR) is 69.9 cm³/mol. The lowest BCUT2D eigenvalue weighted by atomic mass is 10.0. The van der Waals surface area contributed by atoms with Gasteiger partial charge in [0.1, 0.15) is 10.8 Å². The van der Waals surface area contributed by atoms with Crippen LogP contribution in [0.3, 0.4) is 0 Å². The highest BCUT2D eigenvalue weighted by molar-refractivity contribution is 7.90. The minimum Gasteiger partial charge on any atom is -0.385 e. The Morgan fingerprint density at radius 3 is 2.41 bits per heavy atom. The van der Waals surface area contributed by atoms with E-state index >= 15 is 0 Å². The van der Waals surface area contributed by atoms with Crippen molar-refractivity contribution in [3.8, 4) is 0 Å². The lowest BCUT2D eigenvalue weighted by Gasteiger charge is -2.16. The van der Waals surface area contributed by atoms with Crippen LogP contribution in [0.1, 0.15) is 42.8 Å². The van der Waals surface area contributed by atoms with Gasteiger partial charge in [0.25, 0.3) is 0 Å². The van der Waals surface area contributed by atoms with E-state index in [-0.39, 0.29) is 5.75 Å². The van der Waals surface area contributed by atoms with Gasteiger partial charge in [-0.3, -0.25) is 0 Å². The second-order valence-electron chi connectivity index (χ2n) is 4.76. The summed E-state index contributed by atoms with van der Waals surface area (Å²) in [6.45, 7) is 5.43. The van der Waals surface area contributed by atoms with Gasteiger partial charge in [0, 0.05) is 6.26 Å². The van der Waals surface area contributed by atoms with Gasteiger partial charge in [0.05, 0.1) is 16.2 Å². The third kappa shape index (κ3) is 4.37. The summed E-state index contributed by atoms with van der Waals surface area (Å²) < 4.78 is 22.5. The topological polar surface area (TPSA) is 67.3 Å². The molecule has 0 aromatic carbocycles. The summed E-state index contributed by atoms with van der Waals surface area (Å²) in [6, 6.07) is 0. The second kappa shape index (κ2) is 5.04. The Hall–Kier alpha value is -0.460. The number of aliphatic hydroxyl groups is 1. The van der Waals surface area contributed by atoms with Crippen molar-refractivity contribution >= 4 is 21.2 Å². The van der Waals surface area contributed by atoms with E-state index in [1.54, 1.807) is 13.8 Å². The zero-order valence-corrected chi connectivity index (χ0v) is 12.3. The van der Waals surface area contributed by atoms with E-state index in [0.29, 0.717) is 5.01 Å². The predicted octanol–water partition coefficient (Wildman–Crippen LogP) is 1.87. The molecular formula is C11H19NO3S2. The van der Waals surface area contributed by atoms with Gasteiger partial charge in [-0.05, 0) is 20.3 Å². The molecule has 4 nitrogen and oxygen atoms in total. The van der Waals surface area contributed by atoms with Gasteiger partial charge in [-0.2, -0.15) is 0 Å². The molecule has 0 saturated carbocycles. The normalized spacial score (nSPS) is 13.0. The monoisotopic (exact) mass is 277 g/mol. The van der Waals surface area contributed by atoms with Crippen LogP contribution in [-0.2, 0) is 27.6 Å². The second-order valence-corrected chi connectivity index (χ2v) is 7.99. The van der Waals surface area contributed by atoms with Crippen LogP contribution in [0.2, 0.25) is 0 Å². The minimum atomic E-state index is -3.07. The van der Waals surface area contributed by atoms with Crippen molar-refractivity contribution in [2.45, 2.75) is 45.0 Å². The Morgan fingerprint density at radius 1 is 1.41 bits per heavy atom. The van der Waals surface area contributed by atoms with Gasteiger partial charge in [0.15, 0.2) is 9.84 Å². The molecule has 0 atom stereocenters. The molecule has 1 aromatic heterocycles. The number of aryl methyl sites for hydroxylation is 1. The number of aromatic nitrogens is 1. The Kier molecular flexibility index (Phi) is 4.33. The summed E-state index contributed by atoms with van der Waals surface area (Å²) in [5, 5.41) is 10.6. The number of hydrogen-bond donors (Lipinski definition) is 1. The van der Waals surface area contributed by atoms with Gasteiger partial charge in [-0.15, -0.1) is 11.3 Å². The van der Waals surface area contributed by atoms with E-state index in [0.717, 1.165) is 23.4 Å². The number of sulfone groups is 1. The highest BCUT2D eigenvalue weighted by Gasteiger charge is 2.25. The van der Waals surface area contributed by atoms with E-state index in [1.165, 1.54) is 17.6 Å². The molecule has 6 heteroatoms. The van der Waals surface area contributed by atoms with Crippen LogP contribution in [0.15, 0.2) is 0 Å². The Balaban J connectivity index is 3.13. The zero-order valence-electron chi connectivity index (χ0n) is 10.6.